The van der Waals surface area contributed by atoms with Crippen LogP contribution in [0.15, 0.2) is 61.1 Å². The Balaban J connectivity index is 1.63. The lowest BCUT2D eigenvalue weighted by atomic mass is 10.1. The minimum Gasteiger partial charge on any atom is -0.398 e. The van der Waals surface area contributed by atoms with Gasteiger partial charge >= 0.3 is 0 Å². The van der Waals surface area contributed by atoms with Crippen LogP contribution in [0.4, 0.5) is 11.5 Å². The summed E-state index contributed by atoms with van der Waals surface area (Å²) < 4.78 is 1.90. The first-order valence-corrected chi connectivity index (χ1v) is 8.05. The summed E-state index contributed by atoms with van der Waals surface area (Å²) in [6.45, 7) is 2.81. The van der Waals surface area contributed by atoms with E-state index in [0.717, 1.165) is 17.2 Å². The smallest absolute Gasteiger partial charge is 0.180 e. The number of fused-ring (bicyclic) bond motifs is 1. The highest BCUT2D eigenvalue weighted by Gasteiger charge is 2.09. The Bertz CT molecular complexity index is 1040. The number of nitrogens with two attached hydrogens (primary N) is 1. The summed E-state index contributed by atoms with van der Waals surface area (Å²) in [6, 6.07) is 13.9. The summed E-state index contributed by atoms with van der Waals surface area (Å²) in [5, 5.41) is 3.36. The molecule has 0 aliphatic carbocycles. The molecule has 4 rings (SSSR count). The molecule has 6 heteroatoms. The second-order valence-corrected chi connectivity index (χ2v) is 5.88. The van der Waals surface area contributed by atoms with Gasteiger partial charge in [-0.1, -0.05) is 24.3 Å². The molecular formula is C19H18N6. The molecule has 0 unspecified atom stereocenters. The minimum atomic E-state index is 0.605. The summed E-state index contributed by atoms with van der Waals surface area (Å²) in [7, 11) is 0. The largest absolute Gasteiger partial charge is 0.398 e. The normalized spacial score (nSPS) is 10.9. The number of benzene rings is 1. The number of pyridine rings is 1. The van der Waals surface area contributed by atoms with E-state index in [1.807, 2.05) is 40.9 Å². The number of rotatable bonds is 4. The van der Waals surface area contributed by atoms with E-state index < -0.39 is 0 Å². The minimum absolute atomic E-state index is 0.605. The molecule has 0 aliphatic rings. The van der Waals surface area contributed by atoms with Crippen LogP contribution in [0, 0.1) is 6.92 Å². The number of hydrogen-bond acceptors (Lipinski definition) is 5. The van der Waals surface area contributed by atoms with Crippen molar-refractivity contribution in [3.8, 4) is 11.5 Å². The number of anilines is 2. The molecular weight excluding hydrogens is 312 g/mol. The van der Waals surface area contributed by atoms with Crippen LogP contribution in [-0.2, 0) is 6.54 Å². The predicted molar refractivity (Wildman–Crippen MR) is 99.1 cm³/mol. The van der Waals surface area contributed by atoms with Crippen molar-refractivity contribution in [1.82, 2.24) is 19.4 Å². The second-order valence-electron chi connectivity index (χ2n) is 5.88. The van der Waals surface area contributed by atoms with E-state index in [-0.39, 0.29) is 0 Å². The zero-order valence-corrected chi connectivity index (χ0v) is 13.8. The van der Waals surface area contributed by atoms with Crippen LogP contribution < -0.4 is 11.1 Å². The van der Waals surface area contributed by atoms with Crippen molar-refractivity contribution in [2.45, 2.75) is 13.5 Å². The summed E-state index contributed by atoms with van der Waals surface area (Å²) in [4.78, 5) is 13.4. The van der Waals surface area contributed by atoms with Crippen LogP contribution in [0.25, 0.3) is 17.2 Å². The van der Waals surface area contributed by atoms with Crippen LogP contribution in [0.1, 0.15) is 11.1 Å². The van der Waals surface area contributed by atoms with Gasteiger partial charge in [0.15, 0.2) is 5.82 Å². The molecule has 0 fully saturated rings. The fourth-order valence-electron chi connectivity index (χ4n) is 2.74. The molecule has 0 spiro atoms. The Morgan fingerprint density at radius 1 is 1.08 bits per heavy atom. The Hall–Kier alpha value is -3.41. The van der Waals surface area contributed by atoms with E-state index in [9.17, 15) is 0 Å². The molecule has 0 amide bonds. The first kappa shape index (κ1) is 15.1. The van der Waals surface area contributed by atoms with E-state index >= 15 is 0 Å². The molecule has 3 N–H and O–H groups in total. The first-order valence-electron chi connectivity index (χ1n) is 8.05. The van der Waals surface area contributed by atoms with Crippen LogP contribution in [0.3, 0.4) is 0 Å². The highest BCUT2D eigenvalue weighted by Crippen LogP contribution is 2.20. The third kappa shape index (κ3) is 3.01. The average molecular weight is 330 g/mol. The number of nitrogens with zero attached hydrogens (tertiary/aromatic N) is 4. The van der Waals surface area contributed by atoms with Gasteiger partial charge in [0.05, 0.1) is 6.20 Å². The standard InChI is InChI=1S/C19H18N6/c1-13-4-2-3-5-14(13)10-22-17-8-9-21-19(24-17)16-11-23-18-7-6-15(20)12-25(16)18/h2-9,11-12H,10,20H2,1H3,(H,21,22,24). The fraction of sp³-hybridized carbons (Fsp3) is 0.105. The number of hydrogen-bond donors (Lipinski definition) is 2. The Morgan fingerprint density at radius 2 is 1.96 bits per heavy atom. The zero-order valence-electron chi connectivity index (χ0n) is 13.8. The number of imidazole rings is 1. The van der Waals surface area contributed by atoms with Crippen LogP contribution in [0.2, 0.25) is 0 Å². The van der Waals surface area contributed by atoms with Gasteiger partial charge in [0, 0.05) is 24.6 Å². The topological polar surface area (TPSA) is 81.1 Å². The molecule has 0 atom stereocenters. The second kappa shape index (κ2) is 6.24. The van der Waals surface area contributed by atoms with Crippen molar-refractivity contribution in [2.24, 2.45) is 0 Å². The van der Waals surface area contributed by atoms with Crippen molar-refractivity contribution in [3.05, 3.63) is 72.2 Å². The van der Waals surface area contributed by atoms with E-state index in [4.69, 9.17) is 5.73 Å². The molecule has 124 valence electrons. The highest BCUT2D eigenvalue weighted by molar-refractivity contribution is 5.60. The first-order chi connectivity index (χ1) is 12.2. The molecule has 3 aromatic heterocycles. The maximum Gasteiger partial charge on any atom is 0.180 e. The van der Waals surface area contributed by atoms with E-state index in [2.05, 4.69) is 39.3 Å². The molecule has 0 saturated carbocycles. The molecule has 0 aliphatic heterocycles. The number of nitrogens with one attached hydrogen (secondary N) is 1. The highest BCUT2D eigenvalue weighted by atomic mass is 15.1. The van der Waals surface area contributed by atoms with Crippen molar-refractivity contribution < 1.29 is 0 Å². The van der Waals surface area contributed by atoms with Crippen molar-refractivity contribution in [1.29, 1.82) is 0 Å². The van der Waals surface area contributed by atoms with Gasteiger partial charge < -0.3 is 11.1 Å². The SMILES string of the molecule is Cc1ccccc1CNc1ccnc(-c2cnc3ccc(N)cn23)n1. The molecule has 6 nitrogen and oxygen atoms in total. The Labute approximate surface area is 145 Å². The quantitative estimate of drug-likeness (QED) is 0.600. The number of aryl methyl sites for hydroxylation is 1. The maximum atomic E-state index is 5.88. The third-order valence-electron chi connectivity index (χ3n) is 4.13. The maximum absolute atomic E-state index is 5.88. The predicted octanol–water partition coefficient (Wildman–Crippen LogP) is 3.29. The lowest BCUT2D eigenvalue weighted by molar-refractivity contribution is 1.06. The van der Waals surface area contributed by atoms with Crippen molar-refractivity contribution in [3.63, 3.8) is 0 Å². The molecule has 25 heavy (non-hydrogen) atoms. The van der Waals surface area contributed by atoms with Gasteiger partial charge in [-0.3, -0.25) is 4.40 Å². The number of nitrogen functional groups attached to an aromatic ring is 1. The number of aromatic nitrogens is 4. The van der Waals surface area contributed by atoms with Crippen molar-refractivity contribution >= 4 is 17.2 Å². The Kier molecular flexibility index (Phi) is 3.78. The van der Waals surface area contributed by atoms with Crippen LogP contribution in [-0.4, -0.2) is 19.4 Å². The molecule has 3 heterocycles. The zero-order chi connectivity index (χ0) is 17.2. The van der Waals surface area contributed by atoms with Gasteiger partial charge in [-0.15, -0.1) is 0 Å². The molecule has 1 aromatic carbocycles. The van der Waals surface area contributed by atoms with Gasteiger partial charge in [0.1, 0.15) is 17.2 Å². The Morgan fingerprint density at radius 3 is 2.84 bits per heavy atom. The van der Waals surface area contributed by atoms with Gasteiger partial charge in [-0.2, -0.15) is 0 Å². The molecule has 0 saturated heterocycles. The van der Waals surface area contributed by atoms with Gasteiger partial charge in [-0.25, -0.2) is 15.0 Å². The van der Waals surface area contributed by atoms with E-state index in [0.29, 0.717) is 18.1 Å². The fourth-order valence-corrected chi connectivity index (χ4v) is 2.74. The van der Waals surface area contributed by atoms with Gasteiger partial charge in [0.2, 0.25) is 0 Å². The van der Waals surface area contributed by atoms with Gasteiger partial charge in [0.25, 0.3) is 0 Å². The summed E-state index contributed by atoms with van der Waals surface area (Å²) in [5.74, 6) is 1.37. The lowest BCUT2D eigenvalue weighted by Gasteiger charge is -2.09. The lowest BCUT2D eigenvalue weighted by Crippen LogP contribution is -2.04. The van der Waals surface area contributed by atoms with E-state index in [1.165, 1.54) is 11.1 Å². The summed E-state index contributed by atoms with van der Waals surface area (Å²) in [6.07, 6.45) is 5.33. The summed E-state index contributed by atoms with van der Waals surface area (Å²) >= 11 is 0. The molecule has 0 radical (unpaired) electrons. The monoisotopic (exact) mass is 330 g/mol. The van der Waals surface area contributed by atoms with Gasteiger partial charge in [-0.05, 0) is 36.2 Å². The third-order valence-corrected chi connectivity index (χ3v) is 4.13. The van der Waals surface area contributed by atoms with E-state index in [1.54, 1.807) is 12.4 Å². The van der Waals surface area contributed by atoms with Crippen molar-refractivity contribution in [2.75, 3.05) is 11.1 Å². The molecule has 0 bridgehead atoms. The average Bonchev–Trinajstić information content (AvgIpc) is 3.04. The van der Waals surface area contributed by atoms with Crippen LogP contribution in [0.5, 0.6) is 0 Å². The summed E-state index contributed by atoms with van der Waals surface area (Å²) in [5.41, 5.74) is 10.7. The molecule has 4 aromatic rings. The van der Waals surface area contributed by atoms with Crippen LogP contribution >= 0.6 is 0 Å².